The zero-order chi connectivity index (χ0) is 11.4. The van der Waals surface area contributed by atoms with Crippen molar-refractivity contribution in [3.05, 3.63) is 58.9 Å². The Hall–Kier alpha value is -0.990. The van der Waals surface area contributed by atoms with Gasteiger partial charge in [0.25, 0.3) is 0 Å². The fourth-order valence-electron chi connectivity index (χ4n) is 1.40. The van der Waals surface area contributed by atoms with Crippen LogP contribution < -0.4 is 0 Å². The van der Waals surface area contributed by atoms with E-state index in [0.717, 1.165) is 16.5 Å². The summed E-state index contributed by atoms with van der Waals surface area (Å²) in [4.78, 5) is 5.57. The number of thioether (sulfide) groups is 1. The predicted octanol–water partition coefficient (Wildman–Crippen LogP) is 4.34. The second-order valence-corrected chi connectivity index (χ2v) is 4.97. The van der Waals surface area contributed by atoms with Gasteiger partial charge < -0.3 is 0 Å². The highest BCUT2D eigenvalue weighted by Crippen LogP contribution is 2.25. The number of pyridine rings is 1. The molecule has 1 nitrogen and oxygen atoms in total. The van der Waals surface area contributed by atoms with Crippen LogP contribution in [0.3, 0.4) is 0 Å². The average molecular weight is 250 g/mol. The molecule has 0 bridgehead atoms. The maximum absolute atomic E-state index is 5.91. The third-order valence-corrected chi connectivity index (χ3v) is 3.69. The first-order valence-corrected chi connectivity index (χ1v) is 6.41. The summed E-state index contributed by atoms with van der Waals surface area (Å²) in [6.45, 7) is 2.12. The highest BCUT2D eigenvalue weighted by atomic mass is 35.5. The lowest BCUT2D eigenvalue weighted by Gasteiger charge is -2.04. The lowest BCUT2D eigenvalue weighted by atomic mass is 10.2. The summed E-state index contributed by atoms with van der Waals surface area (Å²) in [5.41, 5.74) is 2.32. The van der Waals surface area contributed by atoms with Gasteiger partial charge in [0.2, 0.25) is 0 Å². The number of benzene rings is 1. The highest BCUT2D eigenvalue weighted by Gasteiger charge is 2.00. The molecular weight excluding hydrogens is 238 g/mol. The van der Waals surface area contributed by atoms with Gasteiger partial charge in [-0.1, -0.05) is 29.8 Å². The molecule has 0 aliphatic rings. The number of aromatic nitrogens is 1. The van der Waals surface area contributed by atoms with E-state index >= 15 is 0 Å². The molecule has 0 fully saturated rings. The number of aryl methyl sites for hydroxylation is 1. The molecule has 0 unspecified atom stereocenters. The van der Waals surface area contributed by atoms with Crippen LogP contribution in [0.5, 0.6) is 0 Å². The van der Waals surface area contributed by atoms with Crippen LogP contribution in [0.25, 0.3) is 0 Å². The summed E-state index contributed by atoms with van der Waals surface area (Å²) in [5.74, 6) is 0.853. The average Bonchev–Trinajstić information content (AvgIpc) is 2.28. The Bertz CT molecular complexity index is 485. The first kappa shape index (κ1) is 11.5. The Morgan fingerprint density at radius 3 is 2.81 bits per heavy atom. The fourth-order valence-corrected chi connectivity index (χ4v) is 2.51. The smallest absolute Gasteiger partial charge is 0.0521 e. The predicted molar refractivity (Wildman–Crippen MR) is 70.0 cm³/mol. The van der Waals surface area contributed by atoms with Crippen molar-refractivity contribution in [1.82, 2.24) is 4.98 Å². The van der Waals surface area contributed by atoms with E-state index in [2.05, 4.69) is 36.2 Å². The molecule has 0 N–H and O–H groups in total. The van der Waals surface area contributed by atoms with Gasteiger partial charge in [-0.05, 0) is 30.7 Å². The summed E-state index contributed by atoms with van der Waals surface area (Å²) >= 11 is 7.70. The number of hydrogen-bond acceptors (Lipinski definition) is 2. The maximum Gasteiger partial charge on any atom is 0.0521 e. The minimum atomic E-state index is 0.746. The fraction of sp³-hybridized carbons (Fsp3) is 0.154. The van der Waals surface area contributed by atoms with Gasteiger partial charge >= 0.3 is 0 Å². The molecule has 0 radical (unpaired) electrons. The van der Waals surface area contributed by atoms with Crippen molar-refractivity contribution in [3.8, 4) is 0 Å². The second kappa shape index (κ2) is 5.37. The van der Waals surface area contributed by atoms with E-state index in [4.69, 9.17) is 11.6 Å². The van der Waals surface area contributed by atoms with Gasteiger partial charge in [0.1, 0.15) is 0 Å². The molecule has 0 spiro atoms. The van der Waals surface area contributed by atoms with Crippen molar-refractivity contribution in [2.24, 2.45) is 0 Å². The molecule has 3 heteroatoms. The second-order valence-electron chi connectivity index (χ2n) is 3.52. The number of rotatable bonds is 3. The third kappa shape index (κ3) is 3.00. The van der Waals surface area contributed by atoms with E-state index in [0.29, 0.717) is 0 Å². The Morgan fingerprint density at radius 2 is 2.06 bits per heavy atom. The van der Waals surface area contributed by atoms with Crippen LogP contribution in [-0.4, -0.2) is 4.98 Å². The van der Waals surface area contributed by atoms with E-state index in [1.807, 2.05) is 6.07 Å². The van der Waals surface area contributed by atoms with Crippen molar-refractivity contribution in [2.75, 3.05) is 0 Å². The van der Waals surface area contributed by atoms with E-state index in [1.54, 1.807) is 24.0 Å². The molecule has 2 aromatic rings. The van der Waals surface area contributed by atoms with Crippen LogP contribution in [0.4, 0.5) is 0 Å². The normalized spacial score (nSPS) is 10.4. The minimum absolute atomic E-state index is 0.746. The SMILES string of the molecule is Cc1ccccc1SCc1cc(Cl)ccn1. The van der Waals surface area contributed by atoms with Crippen molar-refractivity contribution in [3.63, 3.8) is 0 Å². The van der Waals surface area contributed by atoms with Gasteiger partial charge in [0, 0.05) is 21.9 Å². The van der Waals surface area contributed by atoms with Gasteiger partial charge in [-0.25, -0.2) is 0 Å². The number of nitrogens with zero attached hydrogens (tertiary/aromatic N) is 1. The van der Waals surface area contributed by atoms with Gasteiger partial charge in [-0.15, -0.1) is 11.8 Å². The standard InChI is InChI=1S/C13H12ClNS/c1-10-4-2-3-5-13(10)16-9-12-8-11(14)6-7-15-12/h2-8H,9H2,1H3. The van der Waals surface area contributed by atoms with Crippen molar-refractivity contribution >= 4 is 23.4 Å². The van der Waals surface area contributed by atoms with Gasteiger partial charge in [0.05, 0.1) is 5.69 Å². The number of hydrogen-bond donors (Lipinski definition) is 0. The first-order valence-electron chi connectivity index (χ1n) is 5.04. The molecule has 16 heavy (non-hydrogen) atoms. The van der Waals surface area contributed by atoms with Gasteiger partial charge in [0.15, 0.2) is 0 Å². The van der Waals surface area contributed by atoms with E-state index in [-0.39, 0.29) is 0 Å². The van der Waals surface area contributed by atoms with E-state index in [9.17, 15) is 0 Å². The molecule has 0 saturated heterocycles. The Balaban J connectivity index is 2.05. The molecule has 0 aliphatic heterocycles. The largest absolute Gasteiger partial charge is 0.260 e. The maximum atomic E-state index is 5.91. The summed E-state index contributed by atoms with van der Waals surface area (Å²) in [6.07, 6.45) is 1.75. The third-order valence-electron chi connectivity index (χ3n) is 2.25. The van der Waals surface area contributed by atoms with Crippen LogP contribution in [0.2, 0.25) is 5.02 Å². The van der Waals surface area contributed by atoms with Crippen LogP contribution in [0.15, 0.2) is 47.5 Å². The molecular formula is C13H12ClNS. The summed E-state index contributed by atoms with van der Waals surface area (Å²) < 4.78 is 0. The lowest BCUT2D eigenvalue weighted by molar-refractivity contribution is 1.17. The zero-order valence-electron chi connectivity index (χ0n) is 8.98. The summed E-state index contributed by atoms with van der Waals surface area (Å²) in [5, 5.41) is 0.746. The molecule has 0 atom stereocenters. The van der Waals surface area contributed by atoms with Crippen LogP contribution in [0.1, 0.15) is 11.3 Å². The molecule has 82 valence electrons. The molecule has 0 aliphatic carbocycles. The highest BCUT2D eigenvalue weighted by molar-refractivity contribution is 7.98. The molecule has 0 amide bonds. The number of halogens is 1. The van der Waals surface area contributed by atoms with Crippen LogP contribution in [-0.2, 0) is 5.75 Å². The van der Waals surface area contributed by atoms with Gasteiger partial charge in [-0.3, -0.25) is 4.98 Å². The molecule has 2 rings (SSSR count). The van der Waals surface area contributed by atoms with E-state index < -0.39 is 0 Å². The van der Waals surface area contributed by atoms with Crippen LogP contribution >= 0.6 is 23.4 Å². The quantitative estimate of drug-likeness (QED) is 0.751. The molecule has 1 heterocycles. The molecule has 0 saturated carbocycles. The lowest BCUT2D eigenvalue weighted by Crippen LogP contribution is -1.86. The Morgan fingerprint density at radius 1 is 1.25 bits per heavy atom. The van der Waals surface area contributed by atoms with Crippen LogP contribution in [0, 0.1) is 6.92 Å². The zero-order valence-corrected chi connectivity index (χ0v) is 10.6. The Labute approximate surface area is 105 Å². The minimum Gasteiger partial charge on any atom is -0.260 e. The topological polar surface area (TPSA) is 12.9 Å². The van der Waals surface area contributed by atoms with Crippen molar-refractivity contribution < 1.29 is 0 Å². The summed E-state index contributed by atoms with van der Waals surface area (Å²) in [6, 6.07) is 12.1. The van der Waals surface area contributed by atoms with Gasteiger partial charge in [-0.2, -0.15) is 0 Å². The Kier molecular flexibility index (Phi) is 3.86. The first-order chi connectivity index (χ1) is 7.75. The van der Waals surface area contributed by atoms with Crippen molar-refractivity contribution in [2.45, 2.75) is 17.6 Å². The van der Waals surface area contributed by atoms with Crippen molar-refractivity contribution in [1.29, 1.82) is 0 Å². The summed E-state index contributed by atoms with van der Waals surface area (Å²) in [7, 11) is 0. The molecule has 1 aromatic heterocycles. The monoisotopic (exact) mass is 249 g/mol. The van der Waals surface area contributed by atoms with E-state index in [1.165, 1.54) is 10.5 Å². The molecule has 1 aromatic carbocycles.